The van der Waals surface area contributed by atoms with Crippen LogP contribution >= 0.6 is 0 Å². The topological polar surface area (TPSA) is 22.1 Å². The fourth-order valence-corrected chi connectivity index (χ4v) is 6.64. The second kappa shape index (κ2) is 10.3. The predicted molar refractivity (Wildman–Crippen MR) is 187 cm³/mol. The summed E-state index contributed by atoms with van der Waals surface area (Å²) >= 11 is 0. The van der Waals surface area contributed by atoms with Crippen LogP contribution in [0.25, 0.3) is 77.4 Å². The maximum Gasteiger partial charge on any atom is 0.135 e. The predicted octanol–water partition coefficient (Wildman–Crippen LogP) is 11.8. The van der Waals surface area contributed by atoms with Crippen LogP contribution in [0.1, 0.15) is 0 Å². The number of para-hydroxylation sites is 1. The van der Waals surface area contributed by atoms with Crippen LogP contribution in [0.2, 0.25) is 0 Å². The zero-order chi connectivity index (χ0) is 29.7. The highest BCUT2D eigenvalue weighted by molar-refractivity contribution is 6.10. The summed E-state index contributed by atoms with van der Waals surface area (Å²) in [6, 6.07) is 57.9. The second-order valence-corrected chi connectivity index (χ2v) is 11.6. The molecule has 2 heterocycles. The Labute approximate surface area is 261 Å². The molecule has 0 amide bonds. The van der Waals surface area contributed by atoms with Crippen molar-refractivity contribution >= 4 is 21.5 Å². The van der Waals surface area contributed by atoms with Crippen molar-refractivity contribution in [1.29, 1.82) is 0 Å². The molecule has 7 aromatic carbocycles. The average Bonchev–Trinajstić information content (AvgIpc) is 3.12. The quantitative estimate of drug-likeness (QED) is 0.209. The zero-order valence-corrected chi connectivity index (χ0v) is 24.4. The Bertz CT molecular complexity index is 2340. The van der Waals surface area contributed by atoms with Gasteiger partial charge in [-0.3, -0.25) is 0 Å². The molecule has 9 rings (SSSR count). The highest BCUT2D eigenvalue weighted by Crippen LogP contribution is 2.48. The van der Waals surface area contributed by atoms with E-state index in [2.05, 4.69) is 140 Å². The highest BCUT2D eigenvalue weighted by atomic mass is 16.5. The molecule has 0 radical (unpaired) electrons. The first-order valence-corrected chi connectivity index (χ1v) is 15.3. The van der Waals surface area contributed by atoms with Crippen molar-refractivity contribution in [2.75, 3.05) is 0 Å². The van der Waals surface area contributed by atoms with Gasteiger partial charge in [-0.1, -0.05) is 127 Å². The van der Waals surface area contributed by atoms with Crippen molar-refractivity contribution in [2.24, 2.45) is 0 Å². The van der Waals surface area contributed by atoms with Crippen LogP contribution in [0.4, 0.5) is 0 Å². The van der Waals surface area contributed by atoms with Gasteiger partial charge in [-0.2, -0.15) is 0 Å². The van der Waals surface area contributed by atoms with Gasteiger partial charge in [0.15, 0.2) is 0 Å². The summed E-state index contributed by atoms with van der Waals surface area (Å²) in [5.41, 5.74) is 11.2. The van der Waals surface area contributed by atoms with Gasteiger partial charge in [-0.05, 0) is 80.4 Å². The third-order valence-corrected chi connectivity index (χ3v) is 8.85. The van der Waals surface area contributed by atoms with Crippen LogP contribution in [-0.4, -0.2) is 4.98 Å². The van der Waals surface area contributed by atoms with E-state index < -0.39 is 0 Å². The van der Waals surface area contributed by atoms with Crippen molar-refractivity contribution < 1.29 is 4.74 Å². The van der Waals surface area contributed by atoms with E-state index in [0.717, 1.165) is 45.1 Å². The molecule has 1 aromatic heterocycles. The summed E-state index contributed by atoms with van der Waals surface area (Å²) in [7, 11) is 0. The molecule has 0 saturated carbocycles. The van der Waals surface area contributed by atoms with Crippen LogP contribution in [0.3, 0.4) is 0 Å². The summed E-state index contributed by atoms with van der Waals surface area (Å²) in [4.78, 5) is 5.06. The summed E-state index contributed by atoms with van der Waals surface area (Å²) in [5, 5.41) is 4.79. The normalized spacial score (nSPS) is 11.7. The number of pyridine rings is 1. The Morgan fingerprint density at radius 1 is 0.356 bits per heavy atom. The van der Waals surface area contributed by atoms with Crippen LogP contribution in [0.15, 0.2) is 164 Å². The molecule has 0 saturated heterocycles. The van der Waals surface area contributed by atoms with Gasteiger partial charge in [0, 0.05) is 22.1 Å². The molecule has 8 aromatic rings. The van der Waals surface area contributed by atoms with Gasteiger partial charge in [0.05, 0.1) is 11.4 Å². The molecule has 0 N–H and O–H groups in total. The lowest BCUT2D eigenvalue weighted by Gasteiger charge is -2.22. The number of ether oxygens (including phenoxy) is 1. The molecule has 1 aliphatic heterocycles. The van der Waals surface area contributed by atoms with Crippen molar-refractivity contribution in [2.45, 2.75) is 0 Å². The van der Waals surface area contributed by atoms with E-state index in [1.54, 1.807) is 0 Å². The minimum atomic E-state index is 0.910. The van der Waals surface area contributed by atoms with Gasteiger partial charge in [0.2, 0.25) is 0 Å². The van der Waals surface area contributed by atoms with Crippen molar-refractivity contribution in [1.82, 2.24) is 4.98 Å². The Hall–Kier alpha value is -5.99. The number of hydrogen-bond donors (Lipinski definition) is 0. The van der Waals surface area contributed by atoms with Crippen molar-refractivity contribution in [3.8, 4) is 67.4 Å². The maximum atomic E-state index is 6.33. The first kappa shape index (κ1) is 25.5. The Kier molecular flexibility index (Phi) is 5.85. The van der Waals surface area contributed by atoms with E-state index in [4.69, 9.17) is 9.72 Å². The smallest absolute Gasteiger partial charge is 0.135 e. The molecule has 45 heavy (non-hydrogen) atoms. The minimum Gasteiger partial charge on any atom is -0.456 e. The number of fused-ring (bicyclic) bond motifs is 3. The minimum absolute atomic E-state index is 0.910. The van der Waals surface area contributed by atoms with Crippen LogP contribution in [-0.2, 0) is 0 Å². The molecule has 0 unspecified atom stereocenters. The molecular formula is C43H27NO. The van der Waals surface area contributed by atoms with E-state index in [-0.39, 0.29) is 0 Å². The van der Waals surface area contributed by atoms with E-state index >= 15 is 0 Å². The molecule has 0 aliphatic carbocycles. The first-order chi connectivity index (χ1) is 22.3. The van der Waals surface area contributed by atoms with Gasteiger partial charge < -0.3 is 4.74 Å². The molecule has 2 heteroatoms. The number of aromatic nitrogens is 1. The fraction of sp³-hybridized carbons (Fsp3) is 0. The molecule has 0 fully saturated rings. The highest BCUT2D eigenvalue weighted by Gasteiger charge is 2.21. The van der Waals surface area contributed by atoms with Gasteiger partial charge >= 0.3 is 0 Å². The summed E-state index contributed by atoms with van der Waals surface area (Å²) in [6.45, 7) is 0. The zero-order valence-electron chi connectivity index (χ0n) is 24.4. The molecule has 1 aliphatic rings. The third-order valence-electron chi connectivity index (χ3n) is 8.85. The molecule has 0 atom stereocenters. The number of nitrogens with zero attached hydrogens (tertiary/aromatic N) is 1. The van der Waals surface area contributed by atoms with E-state index in [1.807, 2.05) is 24.3 Å². The first-order valence-electron chi connectivity index (χ1n) is 15.3. The molecular weight excluding hydrogens is 546 g/mol. The van der Waals surface area contributed by atoms with Crippen LogP contribution in [0, 0.1) is 0 Å². The average molecular weight is 574 g/mol. The van der Waals surface area contributed by atoms with Crippen molar-refractivity contribution in [3.05, 3.63) is 164 Å². The monoisotopic (exact) mass is 573 g/mol. The molecule has 2 nitrogen and oxygen atoms in total. The van der Waals surface area contributed by atoms with Crippen molar-refractivity contribution in [3.63, 3.8) is 0 Å². The largest absolute Gasteiger partial charge is 0.456 e. The Morgan fingerprint density at radius 3 is 1.71 bits per heavy atom. The lowest BCUT2D eigenvalue weighted by Crippen LogP contribution is -1.97. The summed E-state index contributed by atoms with van der Waals surface area (Å²) in [6.07, 6.45) is 0. The fourth-order valence-electron chi connectivity index (χ4n) is 6.64. The van der Waals surface area contributed by atoms with Gasteiger partial charge in [-0.15, -0.1) is 0 Å². The SMILES string of the molecule is c1ccc(-c2cc(-c3ccc4cc(-c5ccc6c7c(cccc57)-c5ccccc5O6)ccc4c3)cc(-c3ccccc3)n2)cc1. The Balaban J connectivity index is 1.14. The summed E-state index contributed by atoms with van der Waals surface area (Å²) in [5.74, 6) is 1.82. The summed E-state index contributed by atoms with van der Waals surface area (Å²) < 4.78 is 6.33. The molecule has 210 valence electrons. The number of rotatable bonds is 4. The number of benzene rings is 7. The Morgan fingerprint density at radius 2 is 0.978 bits per heavy atom. The van der Waals surface area contributed by atoms with E-state index in [9.17, 15) is 0 Å². The lowest BCUT2D eigenvalue weighted by molar-refractivity contribution is 0.487. The van der Waals surface area contributed by atoms with Crippen LogP contribution < -0.4 is 4.74 Å². The standard InChI is InChI=1S/C43H27NO/c1-3-10-28(11-4-1)39-26-34(27-40(44-39)29-12-5-2-6-13-29)32-19-18-31-25-33(21-20-30(31)24-32)35-22-23-42-43-37(35)15-9-16-38(43)36-14-7-8-17-41(36)45-42/h1-27H. The van der Waals surface area contributed by atoms with E-state index in [0.29, 0.717) is 0 Å². The van der Waals surface area contributed by atoms with Gasteiger partial charge in [-0.25, -0.2) is 4.98 Å². The second-order valence-electron chi connectivity index (χ2n) is 11.6. The molecule has 0 spiro atoms. The van der Waals surface area contributed by atoms with Crippen LogP contribution in [0.5, 0.6) is 11.5 Å². The van der Waals surface area contributed by atoms with E-state index in [1.165, 1.54) is 43.8 Å². The molecule has 0 bridgehead atoms. The maximum absolute atomic E-state index is 6.33. The third kappa shape index (κ3) is 4.39. The van der Waals surface area contributed by atoms with Gasteiger partial charge in [0.25, 0.3) is 0 Å². The lowest BCUT2D eigenvalue weighted by atomic mass is 9.90. The number of hydrogen-bond acceptors (Lipinski definition) is 2. The van der Waals surface area contributed by atoms with Gasteiger partial charge in [0.1, 0.15) is 11.5 Å².